The molecular weight excluding hydrogens is 262 g/mol. The topological polar surface area (TPSA) is 68.2 Å². The molecule has 2 fully saturated rings. The first-order chi connectivity index (χ1) is 9.74. The number of benzene rings is 1. The molecule has 1 heterocycles. The number of carboxylic acid groups (broad SMARTS) is 1. The van der Waals surface area contributed by atoms with Crippen LogP contribution < -0.4 is 5.23 Å². The molecule has 0 amide bonds. The Morgan fingerprint density at radius 3 is 2.80 bits per heavy atom. The second-order valence-corrected chi connectivity index (χ2v) is 5.16. The van der Waals surface area contributed by atoms with Gasteiger partial charge in [0.2, 0.25) is 6.29 Å². The van der Waals surface area contributed by atoms with Crippen LogP contribution in [0.15, 0.2) is 24.3 Å². The van der Waals surface area contributed by atoms with Crippen LogP contribution in [0.1, 0.15) is 42.5 Å². The molecule has 6 heteroatoms. The predicted molar refractivity (Wildman–Crippen MR) is 69.5 cm³/mol. The quantitative estimate of drug-likeness (QED) is 0.858. The standard InChI is InChI=1S/C14H17NO5/c16-13(17)11-7-4-8-12(9-11)15-18-14(19-20-15)10-5-2-1-3-6-10/h4,7-10,14H,1-3,5-6H2,(H,16,17). The minimum atomic E-state index is -0.990. The van der Waals surface area contributed by atoms with Crippen LogP contribution in [0.5, 0.6) is 0 Å². The molecule has 1 aliphatic carbocycles. The molecule has 108 valence electrons. The molecular formula is C14H17NO5. The molecule has 0 spiro atoms. The number of aromatic carboxylic acids is 1. The first kappa shape index (κ1) is 13.4. The Kier molecular flexibility index (Phi) is 3.86. The zero-order chi connectivity index (χ0) is 13.9. The van der Waals surface area contributed by atoms with E-state index in [2.05, 4.69) is 0 Å². The van der Waals surface area contributed by atoms with Crippen molar-refractivity contribution in [2.24, 2.45) is 5.92 Å². The van der Waals surface area contributed by atoms with Crippen molar-refractivity contribution in [1.82, 2.24) is 0 Å². The second-order valence-electron chi connectivity index (χ2n) is 5.16. The lowest BCUT2D eigenvalue weighted by Crippen LogP contribution is -2.26. The summed E-state index contributed by atoms with van der Waals surface area (Å²) < 4.78 is 0. The highest BCUT2D eigenvalue weighted by atomic mass is 17.4. The highest BCUT2D eigenvalue weighted by Gasteiger charge is 2.35. The summed E-state index contributed by atoms with van der Waals surface area (Å²) in [6.45, 7) is 0. The van der Waals surface area contributed by atoms with E-state index in [-0.39, 0.29) is 5.56 Å². The molecule has 2 aliphatic rings. The number of rotatable bonds is 3. The number of carbonyl (C=O) groups is 1. The van der Waals surface area contributed by atoms with E-state index in [1.807, 2.05) is 0 Å². The van der Waals surface area contributed by atoms with Crippen molar-refractivity contribution in [2.45, 2.75) is 38.4 Å². The molecule has 1 saturated heterocycles. The van der Waals surface area contributed by atoms with Crippen molar-refractivity contribution in [3.8, 4) is 0 Å². The van der Waals surface area contributed by atoms with Gasteiger partial charge in [-0.2, -0.15) is 4.89 Å². The summed E-state index contributed by atoms with van der Waals surface area (Å²) in [7, 11) is 0. The Bertz CT molecular complexity index is 486. The van der Waals surface area contributed by atoms with E-state index >= 15 is 0 Å². The number of anilines is 1. The van der Waals surface area contributed by atoms with Gasteiger partial charge in [0.15, 0.2) is 0 Å². The molecule has 1 saturated carbocycles. The molecule has 1 unspecified atom stereocenters. The van der Waals surface area contributed by atoms with Gasteiger partial charge in [0.25, 0.3) is 0 Å². The highest BCUT2D eigenvalue weighted by Crippen LogP contribution is 2.33. The van der Waals surface area contributed by atoms with Crippen LogP contribution in [0.25, 0.3) is 0 Å². The van der Waals surface area contributed by atoms with Crippen molar-refractivity contribution in [2.75, 3.05) is 5.23 Å². The zero-order valence-electron chi connectivity index (χ0n) is 11.0. The summed E-state index contributed by atoms with van der Waals surface area (Å²) >= 11 is 0. The van der Waals surface area contributed by atoms with Gasteiger partial charge in [-0.05, 0) is 31.0 Å². The average molecular weight is 279 g/mol. The zero-order valence-corrected chi connectivity index (χ0v) is 11.0. The van der Waals surface area contributed by atoms with Crippen LogP contribution in [0.3, 0.4) is 0 Å². The minimum absolute atomic E-state index is 0.177. The van der Waals surface area contributed by atoms with E-state index in [4.69, 9.17) is 19.8 Å². The molecule has 3 rings (SSSR count). The fourth-order valence-electron chi connectivity index (χ4n) is 2.64. The maximum Gasteiger partial charge on any atom is 0.335 e. The molecule has 1 aromatic rings. The summed E-state index contributed by atoms with van der Waals surface area (Å²) in [4.78, 5) is 26.8. The third-order valence-corrected chi connectivity index (χ3v) is 3.74. The SMILES string of the molecule is O=C(O)c1cccc(N2OOC(C3CCCCC3)O2)c1. The van der Waals surface area contributed by atoms with Crippen molar-refractivity contribution in [3.63, 3.8) is 0 Å². The third kappa shape index (κ3) is 2.77. The van der Waals surface area contributed by atoms with Gasteiger partial charge in [-0.15, -0.1) is 0 Å². The normalized spacial score (nSPS) is 24.0. The second kappa shape index (κ2) is 5.78. The van der Waals surface area contributed by atoms with E-state index in [9.17, 15) is 4.79 Å². The van der Waals surface area contributed by atoms with Crippen LogP contribution in [0.4, 0.5) is 5.69 Å². The van der Waals surface area contributed by atoms with Gasteiger partial charge in [-0.1, -0.05) is 35.5 Å². The van der Waals surface area contributed by atoms with E-state index < -0.39 is 12.3 Å². The lowest BCUT2D eigenvalue weighted by Gasteiger charge is -2.23. The van der Waals surface area contributed by atoms with Gasteiger partial charge in [0.1, 0.15) is 0 Å². The lowest BCUT2D eigenvalue weighted by molar-refractivity contribution is -0.294. The summed E-state index contributed by atoms with van der Waals surface area (Å²) in [5.74, 6) is -0.660. The van der Waals surface area contributed by atoms with E-state index in [0.29, 0.717) is 11.6 Å². The largest absolute Gasteiger partial charge is 0.478 e. The van der Waals surface area contributed by atoms with Gasteiger partial charge in [-0.3, -0.25) is 0 Å². The van der Waals surface area contributed by atoms with Gasteiger partial charge in [-0.25, -0.2) is 9.63 Å². The lowest BCUT2D eigenvalue weighted by atomic mass is 9.89. The maximum atomic E-state index is 10.9. The molecule has 1 aromatic carbocycles. The Balaban J connectivity index is 1.67. The predicted octanol–water partition coefficient (Wildman–Crippen LogP) is 2.91. The molecule has 0 aromatic heterocycles. The summed E-state index contributed by atoms with van der Waals surface area (Å²) in [5, 5.41) is 10.1. The number of nitrogens with zero attached hydrogens (tertiary/aromatic N) is 1. The smallest absolute Gasteiger partial charge is 0.335 e. The number of hydrogen-bond donors (Lipinski definition) is 1. The Hall–Kier alpha value is -1.63. The van der Waals surface area contributed by atoms with Crippen molar-refractivity contribution >= 4 is 11.7 Å². The van der Waals surface area contributed by atoms with Crippen LogP contribution in [0.2, 0.25) is 0 Å². The maximum absolute atomic E-state index is 10.9. The summed E-state index contributed by atoms with van der Waals surface area (Å²) in [6.07, 6.45) is 5.34. The average Bonchev–Trinajstić information content (AvgIpc) is 2.98. The van der Waals surface area contributed by atoms with Gasteiger partial charge >= 0.3 is 5.97 Å². The fraction of sp³-hybridized carbons (Fsp3) is 0.500. The summed E-state index contributed by atoms with van der Waals surface area (Å²) in [5.41, 5.74) is 0.680. The Labute approximate surface area is 116 Å². The van der Waals surface area contributed by atoms with Crippen LogP contribution in [0, 0.1) is 5.92 Å². The van der Waals surface area contributed by atoms with Crippen LogP contribution in [-0.2, 0) is 14.7 Å². The van der Waals surface area contributed by atoms with Crippen LogP contribution >= 0.6 is 0 Å². The Morgan fingerprint density at radius 2 is 2.05 bits per heavy atom. The van der Waals surface area contributed by atoms with Crippen LogP contribution in [-0.4, -0.2) is 17.4 Å². The minimum Gasteiger partial charge on any atom is -0.478 e. The number of hydrogen-bond acceptors (Lipinski definition) is 5. The van der Waals surface area contributed by atoms with Crippen molar-refractivity contribution < 1.29 is 24.6 Å². The monoisotopic (exact) mass is 279 g/mol. The van der Waals surface area contributed by atoms with Gasteiger partial charge in [0, 0.05) is 5.92 Å². The Morgan fingerprint density at radius 1 is 1.25 bits per heavy atom. The fourth-order valence-corrected chi connectivity index (χ4v) is 2.64. The van der Waals surface area contributed by atoms with Gasteiger partial charge < -0.3 is 5.11 Å². The van der Waals surface area contributed by atoms with Gasteiger partial charge in [0.05, 0.1) is 11.3 Å². The first-order valence-corrected chi connectivity index (χ1v) is 6.88. The molecule has 1 aliphatic heterocycles. The third-order valence-electron chi connectivity index (χ3n) is 3.74. The van der Waals surface area contributed by atoms with Crippen molar-refractivity contribution in [1.29, 1.82) is 0 Å². The highest BCUT2D eigenvalue weighted by molar-refractivity contribution is 5.88. The molecule has 0 bridgehead atoms. The van der Waals surface area contributed by atoms with E-state index in [1.54, 1.807) is 12.1 Å². The number of carboxylic acids is 1. The first-order valence-electron chi connectivity index (χ1n) is 6.88. The summed E-state index contributed by atoms with van der Waals surface area (Å²) in [6, 6.07) is 6.34. The molecule has 6 nitrogen and oxygen atoms in total. The van der Waals surface area contributed by atoms with Crippen molar-refractivity contribution in [3.05, 3.63) is 29.8 Å². The molecule has 0 radical (unpaired) electrons. The molecule has 1 atom stereocenters. The molecule has 20 heavy (non-hydrogen) atoms. The molecule has 1 N–H and O–H groups in total. The van der Waals surface area contributed by atoms with E-state index in [1.165, 1.54) is 31.4 Å². The van der Waals surface area contributed by atoms with E-state index in [0.717, 1.165) is 18.1 Å².